The number of hydrogen-bond acceptors (Lipinski definition) is 1. The van der Waals surface area contributed by atoms with Gasteiger partial charge in [-0.25, -0.2) is 0 Å². The second kappa shape index (κ2) is 5.10. The molecule has 0 aliphatic heterocycles. The van der Waals surface area contributed by atoms with Gasteiger partial charge in [0.1, 0.15) is 11.2 Å². The standard InChI is InChI=1S/C23H18O/c1-2-5-15-8-10-20-22(14-15)24-21-13-12-18-17-7-4-3-6-16(17)9-11-19(18)23(20)21/h3-4,6-14H,2,5H2,1H3. The zero-order valence-corrected chi connectivity index (χ0v) is 13.7. The Morgan fingerprint density at radius 2 is 1.54 bits per heavy atom. The Morgan fingerprint density at radius 1 is 0.708 bits per heavy atom. The largest absolute Gasteiger partial charge is 0.456 e. The predicted molar refractivity (Wildman–Crippen MR) is 103 cm³/mol. The van der Waals surface area contributed by atoms with Gasteiger partial charge in [0.25, 0.3) is 0 Å². The molecule has 0 unspecified atom stereocenters. The van der Waals surface area contributed by atoms with Gasteiger partial charge in [0.05, 0.1) is 0 Å². The lowest BCUT2D eigenvalue weighted by molar-refractivity contribution is 0.668. The van der Waals surface area contributed by atoms with E-state index in [-0.39, 0.29) is 0 Å². The van der Waals surface area contributed by atoms with Crippen molar-refractivity contribution in [1.29, 1.82) is 0 Å². The van der Waals surface area contributed by atoms with Crippen LogP contribution in [0.3, 0.4) is 0 Å². The summed E-state index contributed by atoms with van der Waals surface area (Å²) in [7, 11) is 0. The summed E-state index contributed by atoms with van der Waals surface area (Å²) in [5, 5.41) is 7.59. The fourth-order valence-electron chi connectivity index (χ4n) is 3.85. The van der Waals surface area contributed by atoms with Crippen LogP contribution in [-0.2, 0) is 6.42 Å². The van der Waals surface area contributed by atoms with Crippen LogP contribution < -0.4 is 0 Å². The number of rotatable bonds is 2. The summed E-state index contributed by atoms with van der Waals surface area (Å²) in [6, 6.07) is 24.0. The number of furan rings is 1. The van der Waals surface area contributed by atoms with Gasteiger partial charge >= 0.3 is 0 Å². The van der Waals surface area contributed by atoms with E-state index in [0.29, 0.717) is 0 Å². The minimum Gasteiger partial charge on any atom is -0.456 e. The zero-order valence-electron chi connectivity index (χ0n) is 13.7. The van der Waals surface area contributed by atoms with E-state index in [2.05, 4.69) is 73.7 Å². The molecule has 0 spiro atoms. The smallest absolute Gasteiger partial charge is 0.136 e. The van der Waals surface area contributed by atoms with Crippen LogP contribution in [0, 0.1) is 0 Å². The topological polar surface area (TPSA) is 13.1 Å². The van der Waals surface area contributed by atoms with E-state index in [1.165, 1.54) is 37.9 Å². The van der Waals surface area contributed by atoms with Gasteiger partial charge in [-0.05, 0) is 45.7 Å². The maximum atomic E-state index is 6.16. The molecule has 1 heteroatoms. The van der Waals surface area contributed by atoms with Crippen LogP contribution in [0.4, 0.5) is 0 Å². The Hall–Kier alpha value is -2.80. The molecule has 0 amide bonds. The highest BCUT2D eigenvalue weighted by Gasteiger charge is 2.12. The highest BCUT2D eigenvalue weighted by Crippen LogP contribution is 2.37. The van der Waals surface area contributed by atoms with Crippen LogP contribution >= 0.6 is 0 Å². The second-order valence-electron chi connectivity index (χ2n) is 6.50. The Morgan fingerprint density at radius 3 is 2.46 bits per heavy atom. The van der Waals surface area contributed by atoms with E-state index in [1.54, 1.807) is 0 Å². The average Bonchev–Trinajstić information content (AvgIpc) is 2.99. The lowest BCUT2D eigenvalue weighted by Gasteiger charge is -2.05. The van der Waals surface area contributed by atoms with Crippen LogP contribution in [0.25, 0.3) is 43.5 Å². The molecule has 0 fully saturated rings. The molecule has 0 bridgehead atoms. The average molecular weight is 310 g/mol. The predicted octanol–water partition coefficient (Wildman–Crippen LogP) is 6.84. The van der Waals surface area contributed by atoms with Crippen molar-refractivity contribution in [3.8, 4) is 0 Å². The molecule has 1 heterocycles. The van der Waals surface area contributed by atoms with E-state index in [1.807, 2.05) is 0 Å². The van der Waals surface area contributed by atoms with Gasteiger partial charge < -0.3 is 4.42 Å². The third-order valence-corrected chi connectivity index (χ3v) is 4.96. The summed E-state index contributed by atoms with van der Waals surface area (Å²) < 4.78 is 6.16. The molecule has 0 aliphatic carbocycles. The van der Waals surface area contributed by atoms with Crippen LogP contribution in [0.1, 0.15) is 18.9 Å². The van der Waals surface area contributed by atoms with Crippen molar-refractivity contribution in [2.45, 2.75) is 19.8 Å². The minimum absolute atomic E-state index is 0.974. The normalized spacial score (nSPS) is 11.9. The molecule has 0 atom stereocenters. The van der Waals surface area contributed by atoms with Crippen LogP contribution in [-0.4, -0.2) is 0 Å². The molecule has 24 heavy (non-hydrogen) atoms. The number of hydrogen-bond donors (Lipinski definition) is 0. The fourth-order valence-corrected chi connectivity index (χ4v) is 3.85. The van der Waals surface area contributed by atoms with Gasteiger partial charge in [-0.15, -0.1) is 0 Å². The SMILES string of the molecule is CCCc1ccc2c(c1)oc1ccc3c4ccccc4ccc3c12. The summed E-state index contributed by atoms with van der Waals surface area (Å²) in [5.74, 6) is 0. The van der Waals surface area contributed by atoms with Crippen LogP contribution in [0.2, 0.25) is 0 Å². The Kier molecular flexibility index (Phi) is 2.90. The fraction of sp³-hybridized carbons (Fsp3) is 0.130. The second-order valence-corrected chi connectivity index (χ2v) is 6.50. The Balaban J connectivity index is 1.92. The third kappa shape index (κ3) is 1.88. The molecule has 0 aliphatic rings. The molecular formula is C23H18O. The highest BCUT2D eigenvalue weighted by molar-refractivity contribution is 6.23. The summed E-state index contributed by atoms with van der Waals surface area (Å²) in [5.41, 5.74) is 3.32. The molecule has 1 nitrogen and oxygen atoms in total. The summed E-state index contributed by atoms with van der Waals surface area (Å²) in [6.45, 7) is 2.21. The first-order valence-corrected chi connectivity index (χ1v) is 8.61. The maximum absolute atomic E-state index is 6.16. The molecule has 0 N–H and O–H groups in total. The summed E-state index contributed by atoms with van der Waals surface area (Å²) in [6.07, 6.45) is 2.25. The van der Waals surface area contributed by atoms with Crippen molar-refractivity contribution < 1.29 is 4.42 Å². The van der Waals surface area contributed by atoms with Crippen LogP contribution in [0.15, 0.2) is 71.1 Å². The molecule has 4 aromatic carbocycles. The maximum Gasteiger partial charge on any atom is 0.136 e. The van der Waals surface area contributed by atoms with Gasteiger partial charge in [-0.1, -0.05) is 67.9 Å². The number of fused-ring (bicyclic) bond motifs is 7. The first-order valence-electron chi connectivity index (χ1n) is 8.61. The van der Waals surface area contributed by atoms with E-state index >= 15 is 0 Å². The molecule has 5 rings (SSSR count). The molecule has 0 saturated carbocycles. The van der Waals surface area contributed by atoms with Crippen molar-refractivity contribution >= 4 is 43.5 Å². The quantitative estimate of drug-likeness (QED) is 0.325. The monoisotopic (exact) mass is 310 g/mol. The van der Waals surface area contributed by atoms with Gasteiger partial charge in [0.15, 0.2) is 0 Å². The molecule has 116 valence electrons. The van der Waals surface area contributed by atoms with E-state index in [0.717, 1.165) is 24.0 Å². The van der Waals surface area contributed by atoms with Crippen molar-refractivity contribution in [3.05, 3.63) is 72.3 Å². The lowest BCUT2D eigenvalue weighted by Crippen LogP contribution is -1.81. The Labute approximate surface area is 140 Å². The van der Waals surface area contributed by atoms with Crippen molar-refractivity contribution in [2.75, 3.05) is 0 Å². The molecule has 5 aromatic rings. The molecule has 0 radical (unpaired) electrons. The summed E-state index contributed by atoms with van der Waals surface area (Å²) >= 11 is 0. The Bertz CT molecular complexity index is 1210. The van der Waals surface area contributed by atoms with Gasteiger partial charge in [0.2, 0.25) is 0 Å². The third-order valence-electron chi connectivity index (χ3n) is 4.96. The van der Waals surface area contributed by atoms with Gasteiger partial charge in [-0.2, -0.15) is 0 Å². The highest BCUT2D eigenvalue weighted by atomic mass is 16.3. The minimum atomic E-state index is 0.974. The zero-order chi connectivity index (χ0) is 16.1. The van der Waals surface area contributed by atoms with Crippen LogP contribution in [0.5, 0.6) is 0 Å². The summed E-state index contributed by atoms with van der Waals surface area (Å²) in [4.78, 5) is 0. The molecular weight excluding hydrogens is 292 g/mol. The molecule has 0 saturated heterocycles. The van der Waals surface area contributed by atoms with Crippen molar-refractivity contribution in [2.24, 2.45) is 0 Å². The number of aryl methyl sites for hydroxylation is 1. The molecule has 1 aromatic heterocycles. The first kappa shape index (κ1) is 13.6. The first-order chi connectivity index (χ1) is 11.8. The van der Waals surface area contributed by atoms with E-state index in [4.69, 9.17) is 4.42 Å². The van der Waals surface area contributed by atoms with E-state index < -0.39 is 0 Å². The van der Waals surface area contributed by atoms with Gasteiger partial charge in [-0.3, -0.25) is 0 Å². The van der Waals surface area contributed by atoms with Crippen molar-refractivity contribution in [1.82, 2.24) is 0 Å². The van der Waals surface area contributed by atoms with Crippen molar-refractivity contribution in [3.63, 3.8) is 0 Å². The lowest BCUT2D eigenvalue weighted by atomic mass is 9.98. The van der Waals surface area contributed by atoms with Gasteiger partial charge in [0, 0.05) is 10.8 Å². The van der Waals surface area contributed by atoms with E-state index in [9.17, 15) is 0 Å². The number of benzene rings is 4.